The van der Waals surface area contributed by atoms with Crippen LogP contribution in [0.5, 0.6) is 0 Å². The lowest BCUT2D eigenvalue weighted by molar-refractivity contribution is 0.660. The number of aryl methyl sites for hydroxylation is 2. The maximum absolute atomic E-state index is 4.26. The number of anilines is 2. The molecule has 0 aliphatic carbocycles. The molecule has 2 rings (SSSR count). The highest BCUT2D eigenvalue weighted by Gasteiger charge is 1.98. The van der Waals surface area contributed by atoms with Crippen LogP contribution in [0.2, 0.25) is 0 Å². The van der Waals surface area contributed by atoms with E-state index in [0.717, 1.165) is 23.6 Å². The number of rotatable bonds is 3. The predicted octanol–water partition coefficient (Wildman–Crippen LogP) is 2.35. The number of hydrogen-bond donors (Lipinski definition) is 1. The van der Waals surface area contributed by atoms with Crippen molar-refractivity contribution in [1.82, 2.24) is 14.8 Å². The fourth-order valence-corrected chi connectivity index (χ4v) is 1.29. The second kappa shape index (κ2) is 4.13. The molecule has 4 nitrogen and oxygen atoms in total. The van der Waals surface area contributed by atoms with E-state index in [-0.39, 0.29) is 0 Å². The minimum absolute atomic E-state index is 0.844. The minimum atomic E-state index is 0.844. The van der Waals surface area contributed by atoms with Gasteiger partial charge in [0.2, 0.25) is 0 Å². The molecule has 0 unspecified atom stereocenters. The lowest BCUT2D eigenvalue weighted by atomic mass is 10.3. The van der Waals surface area contributed by atoms with Crippen LogP contribution in [0.3, 0.4) is 0 Å². The lowest BCUT2D eigenvalue weighted by Gasteiger charge is -2.01. The van der Waals surface area contributed by atoms with Crippen molar-refractivity contribution in [3.05, 3.63) is 36.3 Å². The molecule has 15 heavy (non-hydrogen) atoms. The van der Waals surface area contributed by atoms with Crippen molar-refractivity contribution >= 4 is 11.5 Å². The Morgan fingerprint density at radius 1 is 1.33 bits per heavy atom. The van der Waals surface area contributed by atoms with Crippen LogP contribution in [-0.2, 0) is 6.54 Å². The summed E-state index contributed by atoms with van der Waals surface area (Å²) in [4.78, 5) is 4.26. The molecule has 0 aromatic carbocycles. The van der Waals surface area contributed by atoms with E-state index in [2.05, 4.69) is 22.3 Å². The van der Waals surface area contributed by atoms with Crippen LogP contribution in [0.15, 0.2) is 30.7 Å². The van der Waals surface area contributed by atoms with Gasteiger partial charge in [-0.2, -0.15) is 5.10 Å². The van der Waals surface area contributed by atoms with Gasteiger partial charge in [0.1, 0.15) is 5.82 Å². The topological polar surface area (TPSA) is 42.7 Å². The van der Waals surface area contributed by atoms with Gasteiger partial charge in [0.05, 0.1) is 11.9 Å². The van der Waals surface area contributed by atoms with Gasteiger partial charge in [0, 0.05) is 18.9 Å². The molecule has 2 aromatic rings. The Labute approximate surface area is 89.0 Å². The highest BCUT2D eigenvalue weighted by molar-refractivity contribution is 5.53. The first-order chi connectivity index (χ1) is 7.28. The van der Waals surface area contributed by atoms with Crippen LogP contribution in [0.1, 0.15) is 12.5 Å². The van der Waals surface area contributed by atoms with Crippen LogP contribution in [0.4, 0.5) is 11.5 Å². The Kier molecular flexibility index (Phi) is 2.67. The van der Waals surface area contributed by atoms with Gasteiger partial charge in [-0.1, -0.05) is 6.07 Å². The Balaban J connectivity index is 2.11. The van der Waals surface area contributed by atoms with Crippen molar-refractivity contribution in [2.45, 2.75) is 20.4 Å². The molecule has 2 heterocycles. The van der Waals surface area contributed by atoms with Crippen LogP contribution >= 0.6 is 0 Å². The van der Waals surface area contributed by atoms with E-state index in [9.17, 15) is 0 Å². The second-order valence-corrected chi connectivity index (χ2v) is 3.43. The number of pyridine rings is 1. The second-order valence-electron chi connectivity index (χ2n) is 3.43. The van der Waals surface area contributed by atoms with Crippen LogP contribution in [0.25, 0.3) is 0 Å². The molecule has 2 aromatic heterocycles. The molecule has 0 saturated carbocycles. The highest BCUT2D eigenvalue weighted by Crippen LogP contribution is 2.13. The van der Waals surface area contributed by atoms with Gasteiger partial charge < -0.3 is 5.32 Å². The van der Waals surface area contributed by atoms with Gasteiger partial charge in [-0.05, 0) is 25.5 Å². The maximum Gasteiger partial charge on any atom is 0.130 e. The summed E-state index contributed by atoms with van der Waals surface area (Å²) >= 11 is 0. The minimum Gasteiger partial charge on any atom is -0.338 e. The molecule has 0 spiro atoms. The highest BCUT2D eigenvalue weighted by atomic mass is 15.3. The molecule has 78 valence electrons. The zero-order valence-corrected chi connectivity index (χ0v) is 8.94. The smallest absolute Gasteiger partial charge is 0.130 e. The van der Waals surface area contributed by atoms with Gasteiger partial charge in [-0.25, -0.2) is 4.98 Å². The van der Waals surface area contributed by atoms with Crippen molar-refractivity contribution in [1.29, 1.82) is 0 Å². The lowest BCUT2D eigenvalue weighted by Crippen LogP contribution is -1.93. The van der Waals surface area contributed by atoms with Crippen molar-refractivity contribution in [3.8, 4) is 0 Å². The van der Waals surface area contributed by atoms with Gasteiger partial charge >= 0.3 is 0 Å². The van der Waals surface area contributed by atoms with E-state index >= 15 is 0 Å². The Bertz CT molecular complexity index is 430. The van der Waals surface area contributed by atoms with Crippen molar-refractivity contribution in [3.63, 3.8) is 0 Å². The summed E-state index contributed by atoms with van der Waals surface area (Å²) in [5.74, 6) is 0.844. The summed E-state index contributed by atoms with van der Waals surface area (Å²) in [6.07, 6.45) is 5.60. The summed E-state index contributed by atoms with van der Waals surface area (Å²) in [7, 11) is 0. The number of hydrogen-bond acceptors (Lipinski definition) is 3. The predicted molar refractivity (Wildman–Crippen MR) is 60.2 cm³/mol. The summed E-state index contributed by atoms with van der Waals surface area (Å²) < 4.78 is 1.87. The van der Waals surface area contributed by atoms with Gasteiger partial charge in [0.25, 0.3) is 0 Å². The molecule has 0 amide bonds. The molecule has 0 saturated heterocycles. The summed E-state index contributed by atoms with van der Waals surface area (Å²) in [5.41, 5.74) is 2.12. The fourth-order valence-electron chi connectivity index (χ4n) is 1.29. The third kappa shape index (κ3) is 2.34. The third-order valence-electron chi connectivity index (χ3n) is 2.14. The molecule has 0 aliphatic heterocycles. The summed E-state index contributed by atoms with van der Waals surface area (Å²) in [6, 6.07) is 3.98. The molecule has 0 fully saturated rings. The molecule has 4 heteroatoms. The summed E-state index contributed by atoms with van der Waals surface area (Å²) in [6.45, 7) is 4.95. The van der Waals surface area contributed by atoms with E-state index < -0.39 is 0 Å². The van der Waals surface area contributed by atoms with Crippen molar-refractivity contribution in [2.75, 3.05) is 5.32 Å². The molecule has 0 radical (unpaired) electrons. The van der Waals surface area contributed by atoms with Crippen LogP contribution < -0.4 is 5.32 Å². The monoisotopic (exact) mass is 202 g/mol. The Morgan fingerprint density at radius 3 is 2.80 bits per heavy atom. The first-order valence-electron chi connectivity index (χ1n) is 5.00. The molecular weight excluding hydrogens is 188 g/mol. The normalized spacial score (nSPS) is 10.3. The summed E-state index contributed by atoms with van der Waals surface area (Å²) in [5, 5.41) is 7.37. The number of nitrogens with zero attached hydrogens (tertiary/aromatic N) is 3. The molecule has 0 atom stereocenters. The molecular formula is C11H14N4. The molecule has 1 N–H and O–H groups in total. The van der Waals surface area contributed by atoms with Crippen LogP contribution in [-0.4, -0.2) is 14.8 Å². The van der Waals surface area contributed by atoms with E-state index in [1.807, 2.05) is 36.1 Å². The molecule has 0 bridgehead atoms. The third-order valence-corrected chi connectivity index (χ3v) is 2.14. The Hall–Kier alpha value is -1.84. The van der Waals surface area contributed by atoms with Gasteiger partial charge in [-0.15, -0.1) is 0 Å². The maximum atomic E-state index is 4.26. The standard InChI is InChI=1S/C11H14N4/c1-3-15-8-10(7-13-15)14-11-5-4-9(2)6-12-11/h4-8H,3H2,1-2H3,(H,12,14). The SMILES string of the molecule is CCn1cc(Nc2ccc(C)cn2)cn1. The zero-order chi connectivity index (χ0) is 10.7. The average molecular weight is 202 g/mol. The van der Waals surface area contributed by atoms with Crippen molar-refractivity contribution < 1.29 is 0 Å². The fraction of sp³-hybridized carbons (Fsp3) is 0.273. The first kappa shape index (κ1) is 9.71. The largest absolute Gasteiger partial charge is 0.338 e. The number of nitrogens with one attached hydrogen (secondary N) is 1. The van der Waals surface area contributed by atoms with E-state index in [0.29, 0.717) is 0 Å². The van der Waals surface area contributed by atoms with Gasteiger partial charge in [0.15, 0.2) is 0 Å². The van der Waals surface area contributed by atoms with E-state index in [4.69, 9.17) is 0 Å². The van der Waals surface area contributed by atoms with Crippen molar-refractivity contribution in [2.24, 2.45) is 0 Å². The van der Waals surface area contributed by atoms with Crippen LogP contribution in [0, 0.1) is 6.92 Å². The van der Waals surface area contributed by atoms with E-state index in [1.54, 1.807) is 6.20 Å². The van der Waals surface area contributed by atoms with Gasteiger partial charge in [-0.3, -0.25) is 4.68 Å². The Morgan fingerprint density at radius 2 is 2.20 bits per heavy atom. The number of aromatic nitrogens is 3. The first-order valence-corrected chi connectivity index (χ1v) is 5.00. The molecule has 0 aliphatic rings. The average Bonchev–Trinajstić information content (AvgIpc) is 2.69. The van der Waals surface area contributed by atoms with E-state index in [1.165, 1.54) is 0 Å². The quantitative estimate of drug-likeness (QED) is 0.830. The zero-order valence-electron chi connectivity index (χ0n) is 8.94.